The molecule has 0 saturated heterocycles. The lowest BCUT2D eigenvalue weighted by atomic mass is 10.1. The number of carboxylic acid groups (broad SMARTS) is 1. The Morgan fingerprint density at radius 1 is 1.23 bits per heavy atom. The number of nitrogen functional groups attached to an aromatic ring is 1. The SMILES string of the molecule is Nc1nnc(SNC(=O)c2cccc(CO[N+](=O)[O-])c2)s1.O=C(O)c1cccc(S)c1. The maximum absolute atomic E-state index is 11.9. The van der Waals surface area contributed by atoms with Gasteiger partial charge in [-0.25, -0.2) is 4.79 Å². The van der Waals surface area contributed by atoms with Crippen molar-refractivity contribution < 1.29 is 24.6 Å². The number of thiol groups is 1. The number of carboxylic acids is 1. The van der Waals surface area contributed by atoms with Crippen molar-refractivity contribution in [3.8, 4) is 0 Å². The summed E-state index contributed by atoms with van der Waals surface area (Å²) in [5, 5.41) is 25.4. The van der Waals surface area contributed by atoms with E-state index < -0.39 is 11.1 Å². The minimum Gasteiger partial charge on any atom is -0.478 e. The van der Waals surface area contributed by atoms with Gasteiger partial charge in [-0.05, 0) is 35.9 Å². The smallest absolute Gasteiger partial charge is 0.335 e. The number of aromatic carboxylic acids is 1. The van der Waals surface area contributed by atoms with Gasteiger partial charge in [0.05, 0.1) is 5.56 Å². The number of nitrogens with zero attached hydrogens (tertiary/aromatic N) is 3. The molecule has 0 radical (unpaired) electrons. The quantitative estimate of drug-likeness (QED) is 0.170. The van der Waals surface area contributed by atoms with E-state index in [1.165, 1.54) is 18.2 Å². The van der Waals surface area contributed by atoms with E-state index in [1.54, 1.807) is 30.3 Å². The third-order valence-electron chi connectivity index (χ3n) is 3.27. The molecule has 0 bridgehead atoms. The molecule has 1 amide bonds. The van der Waals surface area contributed by atoms with Crippen molar-refractivity contribution in [1.82, 2.24) is 14.9 Å². The lowest BCUT2D eigenvalue weighted by molar-refractivity contribution is -0.763. The van der Waals surface area contributed by atoms with Crippen molar-refractivity contribution in [2.75, 3.05) is 5.73 Å². The van der Waals surface area contributed by atoms with Crippen molar-refractivity contribution in [3.05, 3.63) is 75.3 Å². The summed E-state index contributed by atoms with van der Waals surface area (Å²) >= 11 is 6.13. The van der Waals surface area contributed by atoms with Crippen LogP contribution in [0.2, 0.25) is 0 Å². The Hall–Kier alpha value is -3.36. The van der Waals surface area contributed by atoms with Gasteiger partial charge < -0.3 is 15.7 Å². The highest BCUT2D eigenvalue weighted by atomic mass is 32.2. The summed E-state index contributed by atoms with van der Waals surface area (Å²) in [6.07, 6.45) is 0. The number of anilines is 1. The maximum atomic E-state index is 11.9. The highest BCUT2D eigenvalue weighted by molar-refractivity contribution is 7.99. The molecule has 3 aromatic rings. The van der Waals surface area contributed by atoms with Gasteiger partial charge in [0, 0.05) is 22.4 Å². The zero-order valence-electron chi connectivity index (χ0n) is 15.5. The van der Waals surface area contributed by atoms with Gasteiger partial charge in [-0.15, -0.1) is 32.9 Å². The van der Waals surface area contributed by atoms with Crippen LogP contribution in [-0.4, -0.2) is 32.3 Å². The summed E-state index contributed by atoms with van der Waals surface area (Å²) in [4.78, 5) is 37.3. The van der Waals surface area contributed by atoms with E-state index in [9.17, 15) is 19.7 Å². The molecule has 0 aliphatic heterocycles. The van der Waals surface area contributed by atoms with Crippen LogP contribution in [0.4, 0.5) is 5.13 Å². The zero-order valence-corrected chi connectivity index (χ0v) is 18.0. The molecule has 0 aliphatic carbocycles. The molecule has 2 aromatic carbocycles. The molecular weight excluding hydrogens is 466 g/mol. The van der Waals surface area contributed by atoms with Crippen LogP contribution in [0, 0.1) is 10.1 Å². The number of nitrogens with two attached hydrogens (primary N) is 1. The van der Waals surface area contributed by atoms with Gasteiger partial charge in [-0.2, -0.15) is 0 Å². The average molecular weight is 482 g/mol. The third kappa shape index (κ3) is 8.49. The number of nitrogens with one attached hydrogen (secondary N) is 1. The fraction of sp³-hybridized carbons (Fsp3) is 0.0588. The number of amides is 1. The Balaban J connectivity index is 0.000000285. The Morgan fingerprint density at radius 3 is 2.52 bits per heavy atom. The Morgan fingerprint density at radius 2 is 1.94 bits per heavy atom. The zero-order chi connectivity index (χ0) is 22.8. The minimum atomic E-state index is -0.920. The summed E-state index contributed by atoms with van der Waals surface area (Å²) in [6.45, 7) is -0.214. The average Bonchev–Trinajstić information content (AvgIpc) is 3.16. The predicted molar refractivity (Wildman–Crippen MR) is 117 cm³/mol. The summed E-state index contributed by atoms with van der Waals surface area (Å²) in [5.41, 5.74) is 6.56. The number of benzene rings is 2. The number of carbonyl (C=O) groups excluding carboxylic acids is 1. The molecule has 0 fully saturated rings. The van der Waals surface area contributed by atoms with E-state index in [2.05, 4.69) is 32.4 Å². The second kappa shape index (κ2) is 11.7. The van der Waals surface area contributed by atoms with Crippen molar-refractivity contribution >= 4 is 52.9 Å². The summed E-state index contributed by atoms with van der Waals surface area (Å²) < 4.78 is 3.08. The van der Waals surface area contributed by atoms with Gasteiger partial charge in [0.2, 0.25) is 5.13 Å². The summed E-state index contributed by atoms with van der Waals surface area (Å²) in [7, 11) is 0. The maximum Gasteiger partial charge on any atom is 0.335 e. The van der Waals surface area contributed by atoms with Gasteiger partial charge in [0.15, 0.2) is 4.34 Å². The number of hydrogen-bond acceptors (Lipinski definition) is 11. The van der Waals surface area contributed by atoms with Crippen LogP contribution in [0.25, 0.3) is 0 Å². The first-order chi connectivity index (χ1) is 14.7. The van der Waals surface area contributed by atoms with Crippen LogP contribution in [-0.2, 0) is 11.4 Å². The molecule has 0 spiro atoms. The van der Waals surface area contributed by atoms with Gasteiger partial charge in [0.25, 0.3) is 11.0 Å². The lowest BCUT2D eigenvalue weighted by Gasteiger charge is -2.04. The predicted octanol–water partition coefficient (Wildman–Crippen LogP) is 2.94. The fourth-order valence-electron chi connectivity index (χ4n) is 1.98. The Bertz CT molecular complexity index is 1080. The first-order valence-electron chi connectivity index (χ1n) is 8.19. The van der Waals surface area contributed by atoms with E-state index in [-0.39, 0.29) is 18.1 Å². The molecule has 0 unspecified atom stereocenters. The van der Waals surface area contributed by atoms with E-state index in [0.717, 1.165) is 23.3 Å². The second-order valence-corrected chi connectivity index (χ2v) is 8.07. The van der Waals surface area contributed by atoms with Crippen LogP contribution in [0.3, 0.4) is 0 Å². The molecule has 11 nitrogen and oxygen atoms in total. The van der Waals surface area contributed by atoms with Crippen LogP contribution in [0.15, 0.2) is 57.8 Å². The molecule has 0 atom stereocenters. The molecule has 1 heterocycles. The highest BCUT2D eigenvalue weighted by Crippen LogP contribution is 2.21. The van der Waals surface area contributed by atoms with Crippen molar-refractivity contribution in [2.24, 2.45) is 0 Å². The highest BCUT2D eigenvalue weighted by Gasteiger charge is 2.09. The Labute approximate surface area is 189 Å². The molecule has 31 heavy (non-hydrogen) atoms. The standard InChI is InChI=1S/C10H9N5O4S2.C7H6O2S/c11-9-12-13-10(20-9)21-14-8(16)7-3-1-2-6(4-7)5-19-15(17)18;8-7(9)5-2-1-3-6(10)4-5/h1-4H,5H2,(H2,11,12)(H,14,16);1-4,10H,(H,8,9). The van der Waals surface area contributed by atoms with Gasteiger partial charge in [-0.1, -0.05) is 29.5 Å². The molecule has 0 saturated carbocycles. The Kier molecular flexibility index (Phi) is 9.05. The number of aromatic nitrogens is 2. The van der Waals surface area contributed by atoms with E-state index in [1.807, 2.05) is 0 Å². The van der Waals surface area contributed by atoms with Gasteiger partial charge >= 0.3 is 5.97 Å². The van der Waals surface area contributed by atoms with Crippen LogP contribution in [0.5, 0.6) is 0 Å². The molecule has 1 aromatic heterocycles. The summed E-state index contributed by atoms with van der Waals surface area (Å²) in [6, 6.07) is 12.8. The van der Waals surface area contributed by atoms with E-state index in [0.29, 0.717) is 25.5 Å². The molecule has 0 aliphatic rings. The van der Waals surface area contributed by atoms with E-state index in [4.69, 9.17) is 10.8 Å². The number of rotatable bonds is 7. The monoisotopic (exact) mass is 481 g/mol. The minimum absolute atomic E-state index is 0.214. The third-order valence-corrected chi connectivity index (χ3v) is 5.14. The topological polar surface area (TPSA) is 171 Å². The molecule has 162 valence electrons. The normalized spacial score (nSPS) is 9.84. The first kappa shape index (κ1) is 23.9. The largest absolute Gasteiger partial charge is 0.478 e. The fourth-order valence-corrected chi connectivity index (χ4v) is 3.47. The van der Waals surface area contributed by atoms with Crippen molar-refractivity contribution in [2.45, 2.75) is 15.8 Å². The van der Waals surface area contributed by atoms with E-state index >= 15 is 0 Å². The number of hydrogen-bond donors (Lipinski definition) is 4. The lowest BCUT2D eigenvalue weighted by Crippen LogP contribution is -2.16. The van der Waals surface area contributed by atoms with Gasteiger partial charge in [-0.3, -0.25) is 9.52 Å². The molecule has 3 rings (SSSR count). The molecule has 4 N–H and O–H groups in total. The van der Waals surface area contributed by atoms with Crippen LogP contribution in [0.1, 0.15) is 26.3 Å². The van der Waals surface area contributed by atoms with Gasteiger partial charge in [0.1, 0.15) is 6.61 Å². The number of carbonyl (C=O) groups is 2. The first-order valence-corrected chi connectivity index (χ1v) is 10.3. The van der Waals surface area contributed by atoms with Crippen LogP contribution < -0.4 is 10.5 Å². The summed E-state index contributed by atoms with van der Waals surface area (Å²) in [5.74, 6) is -1.28. The second-order valence-electron chi connectivity index (χ2n) is 5.49. The van der Waals surface area contributed by atoms with Crippen molar-refractivity contribution in [1.29, 1.82) is 0 Å². The molecule has 14 heteroatoms. The molecular formula is C17H15N5O6S3. The van der Waals surface area contributed by atoms with Crippen molar-refractivity contribution in [3.63, 3.8) is 0 Å². The van der Waals surface area contributed by atoms with Crippen LogP contribution >= 0.6 is 35.9 Å².